The number of methoxy groups -OCH3 is 1. The third-order valence-electron chi connectivity index (χ3n) is 3.07. The van der Waals surface area contributed by atoms with E-state index < -0.39 is 0 Å². The lowest BCUT2D eigenvalue weighted by Gasteiger charge is -2.11. The number of nitrogens with two attached hydrogens (primary N) is 1. The molecule has 1 aliphatic rings. The highest BCUT2D eigenvalue weighted by molar-refractivity contribution is 5.80. The number of rotatable bonds is 2. The van der Waals surface area contributed by atoms with Crippen molar-refractivity contribution in [2.24, 2.45) is 0 Å². The van der Waals surface area contributed by atoms with Gasteiger partial charge >= 0.3 is 0 Å². The summed E-state index contributed by atoms with van der Waals surface area (Å²) in [6, 6.07) is 3.50. The third kappa shape index (κ3) is 1.55. The van der Waals surface area contributed by atoms with E-state index in [2.05, 4.69) is 15.3 Å². The molecule has 1 atom stereocenters. The first-order valence-corrected chi connectivity index (χ1v) is 5.64. The van der Waals surface area contributed by atoms with Crippen molar-refractivity contribution in [3.63, 3.8) is 0 Å². The van der Waals surface area contributed by atoms with Gasteiger partial charge in [-0.05, 0) is 6.07 Å². The first-order valence-electron chi connectivity index (χ1n) is 5.64. The fourth-order valence-corrected chi connectivity index (χ4v) is 2.22. The Bertz CT molecular complexity index is 621. The molecule has 0 aliphatic carbocycles. The molecule has 7 nitrogen and oxygen atoms in total. The Morgan fingerprint density at radius 1 is 1.50 bits per heavy atom. The van der Waals surface area contributed by atoms with E-state index in [0.29, 0.717) is 36.0 Å². The number of pyridine rings is 1. The van der Waals surface area contributed by atoms with E-state index in [1.165, 1.54) is 0 Å². The van der Waals surface area contributed by atoms with Gasteiger partial charge < -0.3 is 15.8 Å². The number of imidazole rings is 1. The van der Waals surface area contributed by atoms with Gasteiger partial charge in [0.05, 0.1) is 13.2 Å². The SMILES string of the molecule is COc1ccc2nc(N)n(C3CNC(=O)C3)c2n1. The predicted molar refractivity (Wildman–Crippen MR) is 65.2 cm³/mol. The predicted octanol–water partition coefficient (Wildman–Crippen LogP) is 0.0831. The van der Waals surface area contributed by atoms with Crippen LogP contribution < -0.4 is 15.8 Å². The first-order chi connectivity index (χ1) is 8.69. The molecule has 1 saturated heterocycles. The molecular weight excluding hydrogens is 234 g/mol. The van der Waals surface area contributed by atoms with Crippen LogP contribution in [0.15, 0.2) is 12.1 Å². The summed E-state index contributed by atoms with van der Waals surface area (Å²) in [5.74, 6) is 0.886. The molecule has 0 saturated carbocycles. The molecule has 0 bridgehead atoms. The van der Waals surface area contributed by atoms with Crippen LogP contribution in [0.5, 0.6) is 5.88 Å². The zero-order chi connectivity index (χ0) is 12.7. The summed E-state index contributed by atoms with van der Waals surface area (Å²) < 4.78 is 6.88. The van der Waals surface area contributed by atoms with E-state index in [0.717, 1.165) is 0 Å². The van der Waals surface area contributed by atoms with E-state index in [1.807, 2.05) is 0 Å². The average Bonchev–Trinajstić information content (AvgIpc) is 2.90. The van der Waals surface area contributed by atoms with Gasteiger partial charge in [0.25, 0.3) is 0 Å². The zero-order valence-corrected chi connectivity index (χ0v) is 9.88. The van der Waals surface area contributed by atoms with Crippen LogP contribution in [0.1, 0.15) is 12.5 Å². The van der Waals surface area contributed by atoms with Crippen molar-refractivity contribution >= 4 is 23.0 Å². The minimum Gasteiger partial charge on any atom is -0.481 e. The van der Waals surface area contributed by atoms with Gasteiger partial charge in [-0.15, -0.1) is 0 Å². The van der Waals surface area contributed by atoms with Crippen LogP contribution in [0, 0.1) is 0 Å². The standard InChI is InChI=1S/C11H13N5O2/c1-18-9-3-2-7-10(15-9)16(11(12)14-7)6-4-8(17)13-5-6/h2-3,6H,4-5H2,1H3,(H2,12,14)(H,13,17). The number of carbonyl (C=O) groups excluding carboxylic acids is 1. The Morgan fingerprint density at radius 3 is 3.00 bits per heavy atom. The number of hydrogen-bond donors (Lipinski definition) is 2. The second-order valence-corrected chi connectivity index (χ2v) is 4.20. The van der Waals surface area contributed by atoms with Crippen molar-refractivity contribution in [2.45, 2.75) is 12.5 Å². The number of aromatic nitrogens is 3. The minimum absolute atomic E-state index is 0.0177. The minimum atomic E-state index is -0.0397. The molecule has 18 heavy (non-hydrogen) atoms. The van der Waals surface area contributed by atoms with Crippen LogP contribution >= 0.6 is 0 Å². The largest absolute Gasteiger partial charge is 0.481 e. The van der Waals surface area contributed by atoms with Gasteiger partial charge in [-0.3, -0.25) is 9.36 Å². The monoisotopic (exact) mass is 247 g/mol. The summed E-state index contributed by atoms with van der Waals surface area (Å²) in [4.78, 5) is 19.9. The Hall–Kier alpha value is -2.31. The molecule has 2 aromatic rings. The summed E-state index contributed by atoms with van der Waals surface area (Å²) in [5.41, 5.74) is 7.25. The smallest absolute Gasteiger partial charge is 0.222 e. The van der Waals surface area contributed by atoms with Gasteiger partial charge in [-0.2, -0.15) is 4.98 Å². The van der Waals surface area contributed by atoms with Crippen molar-refractivity contribution in [2.75, 3.05) is 19.4 Å². The molecule has 7 heteroatoms. The van der Waals surface area contributed by atoms with E-state index in [1.54, 1.807) is 23.8 Å². The zero-order valence-electron chi connectivity index (χ0n) is 9.88. The van der Waals surface area contributed by atoms with Crippen LogP contribution in [0.4, 0.5) is 5.95 Å². The summed E-state index contributed by atoms with van der Waals surface area (Å²) in [6.45, 7) is 0.549. The van der Waals surface area contributed by atoms with Crippen molar-refractivity contribution in [1.82, 2.24) is 19.9 Å². The Labute approximate surface area is 103 Å². The van der Waals surface area contributed by atoms with Crippen LogP contribution in [-0.2, 0) is 4.79 Å². The molecule has 3 heterocycles. The first kappa shape index (κ1) is 10.8. The Kier molecular flexibility index (Phi) is 2.32. The van der Waals surface area contributed by atoms with Gasteiger partial charge in [-0.25, -0.2) is 4.98 Å². The van der Waals surface area contributed by atoms with Crippen molar-refractivity contribution < 1.29 is 9.53 Å². The fourth-order valence-electron chi connectivity index (χ4n) is 2.22. The van der Waals surface area contributed by atoms with E-state index in [9.17, 15) is 4.79 Å². The number of hydrogen-bond acceptors (Lipinski definition) is 5. The maximum Gasteiger partial charge on any atom is 0.222 e. The number of carbonyl (C=O) groups is 1. The summed E-state index contributed by atoms with van der Waals surface area (Å²) in [5, 5.41) is 2.78. The summed E-state index contributed by atoms with van der Waals surface area (Å²) in [7, 11) is 1.55. The van der Waals surface area contributed by atoms with E-state index >= 15 is 0 Å². The number of anilines is 1. The second-order valence-electron chi connectivity index (χ2n) is 4.20. The molecule has 0 aromatic carbocycles. The average molecular weight is 247 g/mol. The number of nitrogen functional groups attached to an aromatic ring is 1. The second kappa shape index (κ2) is 3.86. The molecule has 1 unspecified atom stereocenters. The molecule has 0 spiro atoms. The lowest BCUT2D eigenvalue weighted by atomic mass is 10.2. The third-order valence-corrected chi connectivity index (χ3v) is 3.07. The number of ether oxygens (including phenoxy) is 1. The van der Waals surface area contributed by atoms with Gasteiger partial charge in [0.15, 0.2) is 5.65 Å². The van der Waals surface area contributed by atoms with Gasteiger partial charge in [0.2, 0.25) is 17.7 Å². The highest BCUT2D eigenvalue weighted by Gasteiger charge is 2.27. The quantitative estimate of drug-likeness (QED) is 0.783. The molecule has 0 radical (unpaired) electrons. The summed E-state index contributed by atoms with van der Waals surface area (Å²) in [6.07, 6.45) is 0.397. The molecule has 94 valence electrons. The highest BCUT2D eigenvalue weighted by atomic mass is 16.5. The molecule has 2 aromatic heterocycles. The van der Waals surface area contributed by atoms with Crippen LogP contribution in [-0.4, -0.2) is 34.1 Å². The molecule has 1 amide bonds. The van der Waals surface area contributed by atoms with Crippen molar-refractivity contribution in [3.05, 3.63) is 12.1 Å². The molecule has 1 fully saturated rings. The van der Waals surface area contributed by atoms with Gasteiger partial charge in [0.1, 0.15) is 5.52 Å². The van der Waals surface area contributed by atoms with E-state index in [-0.39, 0.29) is 11.9 Å². The Morgan fingerprint density at radius 2 is 2.33 bits per heavy atom. The van der Waals surface area contributed by atoms with Crippen LogP contribution in [0.25, 0.3) is 11.2 Å². The highest BCUT2D eigenvalue weighted by Crippen LogP contribution is 2.26. The lowest BCUT2D eigenvalue weighted by molar-refractivity contribution is -0.119. The summed E-state index contributed by atoms with van der Waals surface area (Å²) >= 11 is 0. The van der Waals surface area contributed by atoms with Crippen molar-refractivity contribution in [1.29, 1.82) is 0 Å². The molecule has 3 rings (SSSR count). The number of fused-ring (bicyclic) bond motifs is 1. The molecule has 3 N–H and O–H groups in total. The topological polar surface area (TPSA) is 95.1 Å². The van der Waals surface area contributed by atoms with E-state index in [4.69, 9.17) is 10.5 Å². The fraction of sp³-hybridized carbons (Fsp3) is 0.364. The van der Waals surface area contributed by atoms with Crippen LogP contribution in [0.3, 0.4) is 0 Å². The van der Waals surface area contributed by atoms with Gasteiger partial charge in [-0.1, -0.05) is 0 Å². The lowest BCUT2D eigenvalue weighted by Crippen LogP contribution is -2.16. The van der Waals surface area contributed by atoms with Crippen LogP contribution in [0.2, 0.25) is 0 Å². The van der Waals surface area contributed by atoms with Crippen molar-refractivity contribution in [3.8, 4) is 5.88 Å². The maximum atomic E-state index is 11.3. The number of nitrogens with zero attached hydrogens (tertiary/aromatic N) is 3. The maximum absolute atomic E-state index is 11.3. The van der Waals surface area contributed by atoms with Gasteiger partial charge in [0, 0.05) is 19.0 Å². The Balaban J connectivity index is 2.14. The normalized spacial score (nSPS) is 19.2. The molecular formula is C11H13N5O2. The number of amides is 1. The molecule has 1 aliphatic heterocycles. The number of nitrogens with one attached hydrogen (secondary N) is 1.